The average molecular weight is 423 g/mol. The highest BCUT2D eigenvalue weighted by Crippen LogP contribution is 2.29. The van der Waals surface area contributed by atoms with Gasteiger partial charge in [-0.2, -0.15) is 18.7 Å². The summed E-state index contributed by atoms with van der Waals surface area (Å²) in [5, 5.41) is 6.53. The minimum absolute atomic E-state index is 0.0250. The van der Waals surface area contributed by atoms with Gasteiger partial charge >= 0.3 is 6.18 Å². The van der Waals surface area contributed by atoms with Crippen molar-refractivity contribution < 1.29 is 27.6 Å². The van der Waals surface area contributed by atoms with Crippen LogP contribution in [0, 0.1) is 6.92 Å². The Morgan fingerprint density at radius 3 is 2.53 bits per heavy atom. The van der Waals surface area contributed by atoms with E-state index in [4.69, 9.17) is 9.68 Å². The number of nitrogens with zero attached hydrogens (tertiary/aromatic N) is 1. The zero-order valence-electron chi connectivity index (χ0n) is 17.1. The number of amides is 1. The van der Waals surface area contributed by atoms with Crippen LogP contribution in [0.2, 0.25) is 0 Å². The molecular weight excluding hydrogens is 399 g/mol. The van der Waals surface area contributed by atoms with Gasteiger partial charge in [-0.15, -0.1) is 0 Å². The van der Waals surface area contributed by atoms with Crippen molar-refractivity contribution in [1.29, 1.82) is 0 Å². The van der Waals surface area contributed by atoms with Crippen LogP contribution in [0.25, 0.3) is 0 Å². The molecule has 9 heteroatoms. The molecule has 2 aromatic carbocycles. The van der Waals surface area contributed by atoms with Crippen LogP contribution in [0.5, 0.6) is 0 Å². The molecule has 0 heterocycles. The molecule has 0 bridgehead atoms. The van der Waals surface area contributed by atoms with Crippen LogP contribution in [0.3, 0.4) is 0 Å². The molecule has 2 aromatic rings. The summed E-state index contributed by atoms with van der Waals surface area (Å²) in [5.74, 6) is -0.299. The molecule has 0 saturated carbocycles. The monoisotopic (exact) mass is 423 g/mol. The van der Waals surface area contributed by atoms with Crippen molar-refractivity contribution in [2.75, 3.05) is 14.2 Å². The molecule has 0 aliphatic carbocycles. The first-order valence-corrected chi connectivity index (χ1v) is 9.11. The van der Waals surface area contributed by atoms with Crippen LogP contribution < -0.4 is 10.8 Å². The standard InChI is InChI=1S/C21H24F3N3O3/c1-13-7-5-10-17(19(27-29-4)20(28)25-3)18(13)12-30-26-14(2)15-8-6-9-16(11-15)21(22,23)24/h5-11,19,27H,12H2,1-4H3,(H,25,28)/b26-14+. The number of oxime groups is 1. The fourth-order valence-electron chi connectivity index (χ4n) is 2.88. The van der Waals surface area contributed by atoms with E-state index in [-0.39, 0.29) is 12.5 Å². The highest BCUT2D eigenvalue weighted by atomic mass is 19.4. The molecule has 0 spiro atoms. The second kappa shape index (κ2) is 10.2. The van der Waals surface area contributed by atoms with Gasteiger partial charge in [0.25, 0.3) is 0 Å². The van der Waals surface area contributed by atoms with Gasteiger partial charge in [0.1, 0.15) is 12.6 Å². The third-order valence-corrected chi connectivity index (χ3v) is 4.52. The first-order valence-electron chi connectivity index (χ1n) is 9.11. The quantitative estimate of drug-likeness (QED) is 0.499. The van der Waals surface area contributed by atoms with E-state index in [2.05, 4.69) is 16.0 Å². The second-order valence-corrected chi connectivity index (χ2v) is 6.54. The van der Waals surface area contributed by atoms with Gasteiger partial charge in [-0.1, -0.05) is 35.5 Å². The van der Waals surface area contributed by atoms with E-state index in [9.17, 15) is 18.0 Å². The molecule has 0 radical (unpaired) electrons. The summed E-state index contributed by atoms with van der Waals surface area (Å²) in [6, 6.07) is 9.53. The average Bonchev–Trinajstić information content (AvgIpc) is 2.72. The SMILES string of the molecule is CNC(=O)C(NOC)c1cccc(C)c1CO/N=C(\C)c1cccc(C(F)(F)F)c1. The summed E-state index contributed by atoms with van der Waals surface area (Å²) in [6.07, 6.45) is -4.43. The third kappa shape index (κ3) is 5.80. The minimum atomic E-state index is -4.43. The molecular formula is C21H24F3N3O3. The van der Waals surface area contributed by atoms with Crippen molar-refractivity contribution in [1.82, 2.24) is 10.8 Å². The van der Waals surface area contributed by atoms with Crippen molar-refractivity contribution in [2.45, 2.75) is 32.7 Å². The summed E-state index contributed by atoms with van der Waals surface area (Å²) in [6.45, 7) is 3.45. The van der Waals surface area contributed by atoms with E-state index < -0.39 is 17.8 Å². The number of aryl methyl sites for hydroxylation is 1. The number of benzene rings is 2. The highest BCUT2D eigenvalue weighted by Gasteiger charge is 2.30. The first-order chi connectivity index (χ1) is 14.2. The number of hydroxylamine groups is 1. The maximum atomic E-state index is 12.9. The van der Waals surface area contributed by atoms with Crippen molar-refractivity contribution in [2.24, 2.45) is 5.16 Å². The Hall–Kier alpha value is -2.91. The third-order valence-electron chi connectivity index (χ3n) is 4.52. The van der Waals surface area contributed by atoms with Crippen molar-refractivity contribution in [3.05, 3.63) is 70.3 Å². The van der Waals surface area contributed by atoms with Crippen molar-refractivity contribution in [3.8, 4) is 0 Å². The maximum absolute atomic E-state index is 12.9. The van der Waals surface area contributed by atoms with Crippen molar-refractivity contribution in [3.63, 3.8) is 0 Å². The van der Waals surface area contributed by atoms with Crippen LogP contribution in [0.1, 0.15) is 40.8 Å². The predicted molar refractivity (Wildman–Crippen MR) is 107 cm³/mol. The predicted octanol–water partition coefficient (Wildman–Crippen LogP) is 3.89. The van der Waals surface area contributed by atoms with Crippen LogP contribution in [-0.4, -0.2) is 25.8 Å². The number of carbonyl (C=O) groups excluding carboxylic acids is 1. The van der Waals surface area contributed by atoms with Gasteiger partial charge in [-0.05, 0) is 42.7 Å². The normalized spacial score (nSPS) is 13.1. The van der Waals surface area contributed by atoms with Gasteiger partial charge < -0.3 is 15.0 Å². The van der Waals surface area contributed by atoms with Crippen LogP contribution >= 0.6 is 0 Å². The number of hydrogen-bond donors (Lipinski definition) is 2. The number of alkyl halides is 3. The lowest BCUT2D eigenvalue weighted by Crippen LogP contribution is -2.36. The van der Waals surface area contributed by atoms with E-state index in [0.29, 0.717) is 16.8 Å². The summed E-state index contributed by atoms with van der Waals surface area (Å²) >= 11 is 0. The lowest BCUT2D eigenvalue weighted by Gasteiger charge is -2.20. The number of likely N-dealkylation sites (N-methyl/N-ethyl adjacent to an activating group) is 1. The lowest BCUT2D eigenvalue weighted by molar-refractivity contribution is -0.137. The molecule has 0 aliphatic heterocycles. The summed E-state index contributed by atoms with van der Waals surface area (Å²) in [4.78, 5) is 22.6. The molecule has 1 amide bonds. The Bertz CT molecular complexity index is 914. The van der Waals surface area contributed by atoms with Gasteiger partial charge in [-0.3, -0.25) is 4.79 Å². The Morgan fingerprint density at radius 2 is 1.90 bits per heavy atom. The zero-order chi connectivity index (χ0) is 22.3. The van der Waals surface area contributed by atoms with E-state index >= 15 is 0 Å². The van der Waals surface area contributed by atoms with E-state index in [0.717, 1.165) is 23.3 Å². The van der Waals surface area contributed by atoms with Gasteiger partial charge in [0.2, 0.25) is 5.91 Å². The number of hydrogen-bond acceptors (Lipinski definition) is 5. The molecule has 30 heavy (non-hydrogen) atoms. The number of rotatable bonds is 8. The number of nitrogens with one attached hydrogen (secondary N) is 2. The summed E-state index contributed by atoms with van der Waals surface area (Å²) in [5.41, 5.74) is 4.73. The second-order valence-electron chi connectivity index (χ2n) is 6.54. The van der Waals surface area contributed by atoms with E-state index in [1.807, 2.05) is 13.0 Å². The number of halogens is 3. The van der Waals surface area contributed by atoms with Crippen molar-refractivity contribution >= 4 is 11.6 Å². The molecule has 0 aliphatic rings. The molecule has 0 aromatic heterocycles. The molecule has 6 nitrogen and oxygen atoms in total. The fourth-order valence-corrected chi connectivity index (χ4v) is 2.88. The molecule has 2 rings (SSSR count). The van der Waals surface area contributed by atoms with Gasteiger partial charge in [0.05, 0.1) is 18.4 Å². The smallest absolute Gasteiger partial charge is 0.391 e. The summed E-state index contributed by atoms with van der Waals surface area (Å²) in [7, 11) is 2.92. The van der Waals surface area contributed by atoms with Gasteiger partial charge in [0, 0.05) is 12.6 Å². The molecule has 2 N–H and O–H groups in total. The maximum Gasteiger partial charge on any atom is 0.416 e. The Labute approximate surface area is 173 Å². The number of carbonyl (C=O) groups is 1. The molecule has 1 atom stereocenters. The largest absolute Gasteiger partial charge is 0.416 e. The van der Waals surface area contributed by atoms with Gasteiger partial charge in [-0.25, -0.2) is 0 Å². The van der Waals surface area contributed by atoms with Crippen LogP contribution in [0.15, 0.2) is 47.6 Å². The Balaban J connectivity index is 2.24. The highest BCUT2D eigenvalue weighted by molar-refractivity contribution is 5.98. The van der Waals surface area contributed by atoms with Crippen LogP contribution in [-0.2, 0) is 27.3 Å². The molecule has 0 fully saturated rings. The Morgan fingerprint density at radius 1 is 1.20 bits per heavy atom. The fraction of sp³-hybridized carbons (Fsp3) is 0.333. The molecule has 1 unspecified atom stereocenters. The lowest BCUT2D eigenvalue weighted by atomic mass is 9.96. The Kier molecular flexibility index (Phi) is 7.96. The van der Waals surface area contributed by atoms with Gasteiger partial charge in [0.15, 0.2) is 0 Å². The molecule has 0 saturated heterocycles. The zero-order valence-corrected chi connectivity index (χ0v) is 17.1. The topological polar surface area (TPSA) is 72.0 Å². The van der Waals surface area contributed by atoms with E-state index in [1.165, 1.54) is 26.3 Å². The van der Waals surface area contributed by atoms with E-state index in [1.54, 1.807) is 19.1 Å². The molecule has 162 valence electrons. The minimum Gasteiger partial charge on any atom is -0.391 e. The van der Waals surface area contributed by atoms with Crippen LogP contribution in [0.4, 0.5) is 13.2 Å². The summed E-state index contributed by atoms with van der Waals surface area (Å²) < 4.78 is 38.7. The first kappa shape index (κ1) is 23.4.